The second kappa shape index (κ2) is 6.59. The van der Waals surface area contributed by atoms with Crippen LogP contribution in [0.5, 0.6) is 17.2 Å². The molecule has 5 heteroatoms. The van der Waals surface area contributed by atoms with E-state index >= 15 is 0 Å². The molecule has 0 atom stereocenters. The van der Waals surface area contributed by atoms with Crippen molar-refractivity contribution in [3.8, 4) is 17.2 Å². The van der Waals surface area contributed by atoms with Gasteiger partial charge in [-0.25, -0.2) is 0 Å². The van der Waals surface area contributed by atoms with Crippen LogP contribution in [0.25, 0.3) is 0 Å². The Bertz CT molecular complexity index is 629. The van der Waals surface area contributed by atoms with E-state index in [0.717, 1.165) is 5.69 Å². The zero-order valence-corrected chi connectivity index (χ0v) is 12.7. The van der Waals surface area contributed by atoms with Gasteiger partial charge in [0.05, 0.1) is 11.1 Å². The van der Waals surface area contributed by atoms with Gasteiger partial charge in [-0.1, -0.05) is 11.6 Å². The number of aromatic hydroxyl groups is 2. The summed E-state index contributed by atoms with van der Waals surface area (Å²) in [5, 5.41) is 22.7. The first kappa shape index (κ1) is 15.3. The number of hydrogen-bond donors (Lipinski definition) is 3. The summed E-state index contributed by atoms with van der Waals surface area (Å²) in [6.07, 6.45) is 0.0650. The number of hydrogen-bond acceptors (Lipinski definition) is 4. The molecule has 0 heterocycles. The van der Waals surface area contributed by atoms with Crippen molar-refractivity contribution in [1.29, 1.82) is 0 Å². The monoisotopic (exact) mass is 307 g/mol. The van der Waals surface area contributed by atoms with Crippen molar-refractivity contribution >= 4 is 17.3 Å². The van der Waals surface area contributed by atoms with Crippen LogP contribution in [-0.4, -0.2) is 16.3 Å². The van der Waals surface area contributed by atoms with E-state index in [2.05, 4.69) is 5.32 Å². The molecule has 0 aliphatic rings. The normalized spacial score (nSPS) is 10.7. The molecule has 112 valence electrons. The fourth-order valence-corrected chi connectivity index (χ4v) is 2.08. The van der Waals surface area contributed by atoms with Gasteiger partial charge in [-0.05, 0) is 44.2 Å². The third-order valence-electron chi connectivity index (χ3n) is 2.85. The van der Waals surface area contributed by atoms with Gasteiger partial charge in [0.1, 0.15) is 17.2 Å². The number of phenolic OH excluding ortho intramolecular Hbond substituents is 2. The van der Waals surface area contributed by atoms with E-state index in [9.17, 15) is 10.2 Å². The molecule has 0 unspecified atom stereocenters. The molecule has 21 heavy (non-hydrogen) atoms. The van der Waals surface area contributed by atoms with Crippen LogP contribution in [0, 0.1) is 0 Å². The van der Waals surface area contributed by atoms with Crippen molar-refractivity contribution < 1.29 is 14.9 Å². The second-order valence-electron chi connectivity index (χ2n) is 4.98. The molecule has 0 fully saturated rings. The first-order valence-corrected chi connectivity index (χ1v) is 7.04. The lowest BCUT2D eigenvalue weighted by molar-refractivity contribution is 0.242. The van der Waals surface area contributed by atoms with Gasteiger partial charge in [0.2, 0.25) is 0 Å². The van der Waals surface area contributed by atoms with E-state index in [0.29, 0.717) is 22.9 Å². The van der Waals surface area contributed by atoms with Crippen LogP contribution >= 0.6 is 11.6 Å². The third kappa shape index (κ3) is 4.20. The third-order valence-corrected chi connectivity index (χ3v) is 3.14. The predicted octanol–water partition coefficient (Wildman–Crippen LogP) is 4.15. The van der Waals surface area contributed by atoms with Gasteiger partial charge in [-0.3, -0.25) is 0 Å². The molecule has 2 aromatic carbocycles. The molecular weight excluding hydrogens is 290 g/mol. The lowest BCUT2D eigenvalue weighted by atomic mass is 10.2. The molecule has 0 radical (unpaired) electrons. The molecule has 0 bridgehead atoms. The van der Waals surface area contributed by atoms with E-state index in [4.69, 9.17) is 16.3 Å². The van der Waals surface area contributed by atoms with Crippen molar-refractivity contribution in [3.05, 3.63) is 47.0 Å². The highest BCUT2D eigenvalue weighted by molar-refractivity contribution is 6.32. The molecule has 2 rings (SSSR count). The Kier molecular flexibility index (Phi) is 4.81. The van der Waals surface area contributed by atoms with Gasteiger partial charge in [0.25, 0.3) is 0 Å². The van der Waals surface area contributed by atoms with Crippen LogP contribution in [0.3, 0.4) is 0 Å². The maximum atomic E-state index is 9.72. The molecule has 0 aliphatic carbocycles. The highest BCUT2D eigenvalue weighted by Gasteiger charge is 2.06. The molecule has 0 saturated carbocycles. The molecule has 0 aliphatic heterocycles. The number of anilines is 1. The Balaban J connectivity index is 2.05. The van der Waals surface area contributed by atoms with Crippen LogP contribution in [-0.2, 0) is 6.54 Å². The predicted molar refractivity (Wildman–Crippen MR) is 84.3 cm³/mol. The quantitative estimate of drug-likeness (QED) is 0.776. The van der Waals surface area contributed by atoms with E-state index in [1.165, 1.54) is 12.1 Å². The first-order chi connectivity index (χ1) is 9.95. The van der Waals surface area contributed by atoms with Crippen molar-refractivity contribution in [2.24, 2.45) is 0 Å². The molecule has 3 N–H and O–H groups in total. The van der Waals surface area contributed by atoms with E-state index in [-0.39, 0.29) is 17.6 Å². The minimum Gasteiger partial charge on any atom is -0.508 e. The van der Waals surface area contributed by atoms with Crippen molar-refractivity contribution in [2.75, 3.05) is 5.32 Å². The molecule has 0 saturated heterocycles. The topological polar surface area (TPSA) is 61.7 Å². The standard InChI is InChI=1S/C16H18ClNO3/c1-10(2)21-16-6-4-12(7-14(16)17)18-9-11-3-5-13(19)8-15(11)20/h3-8,10,18-20H,9H2,1-2H3. The summed E-state index contributed by atoms with van der Waals surface area (Å²) in [4.78, 5) is 0. The van der Waals surface area contributed by atoms with Gasteiger partial charge in [-0.2, -0.15) is 0 Å². The molecule has 0 aromatic heterocycles. The Labute approximate surface area is 129 Å². The van der Waals surface area contributed by atoms with Crippen LogP contribution in [0.2, 0.25) is 5.02 Å². The maximum Gasteiger partial charge on any atom is 0.138 e. The zero-order valence-electron chi connectivity index (χ0n) is 11.9. The number of ether oxygens (including phenoxy) is 1. The Hall–Kier alpha value is -2.07. The van der Waals surface area contributed by atoms with E-state index < -0.39 is 0 Å². The Morgan fingerprint density at radius 2 is 1.90 bits per heavy atom. The minimum absolute atomic E-state index is 0.0366. The average molecular weight is 308 g/mol. The summed E-state index contributed by atoms with van der Waals surface area (Å²) in [7, 11) is 0. The highest BCUT2D eigenvalue weighted by atomic mass is 35.5. The van der Waals surface area contributed by atoms with Gasteiger partial charge in [-0.15, -0.1) is 0 Å². The number of halogens is 1. The van der Waals surface area contributed by atoms with Crippen LogP contribution in [0.15, 0.2) is 36.4 Å². The first-order valence-electron chi connectivity index (χ1n) is 6.66. The van der Waals surface area contributed by atoms with E-state index in [1.807, 2.05) is 19.9 Å². The van der Waals surface area contributed by atoms with E-state index in [1.54, 1.807) is 18.2 Å². The molecule has 2 aromatic rings. The molecule has 0 spiro atoms. The summed E-state index contributed by atoms with van der Waals surface area (Å²) in [6.45, 7) is 4.30. The molecular formula is C16H18ClNO3. The van der Waals surface area contributed by atoms with Gasteiger partial charge < -0.3 is 20.3 Å². The number of nitrogens with one attached hydrogen (secondary N) is 1. The van der Waals surface area contributed by atoms with Gasteiger partial charge in [0, 0.05) is 23.9 Å². The van der Waals surface area contributed by atoms with Crippen LogP contribution < -0.4 is 10.1 Å². The number of rotatable bonds is 5. The smallest absolute Gasteiger partial charge is 0.138 e. The summed E-state index contributed by atoms with van der Waals surface area (Å²) in [5.74, 6) is 0.729. The zero-order chi connectivity index (χ0) is 15.4. The van der Waals surface area contributed by atoms with Crippen molar-refractivity contribution in [1.82, 2.24) is 0 Å². The minimum atomic E-state index is 0.0366. The summed E-state index contributed by atoms with van der Waals surface area (Å²) < 4.78 is 5.57. The summed E-state index contributed by atoms with van der Waals surface area (Å²) in [6, 6.07) is 9.95. The second-order valence-corrected chi connectivity index (χ2v) is 5.39. The molecule has 4 nitrogen and oxygen atoms in total. The fourth-order valence-electron chi connectivity index (χ4n) is 1.86. The Morgan fingerprint density at radius 3 is 2.52 bits per heavy atom. The van der Waals surface area contributed by atoms with Crippen molar-refractivity contribution in [2.45, 2.75) is 26.5 Å². The summed E-state index contributed by atoms with van der Waals surface area (Å²) in [5.41, 5.74) is 1.51. The van der Waals surface area contributed by atoms with Crippen LogP contribution in [0.4, 0.5) is 5.69 Å². The molecule has 0 amide bonds. The SMILES string of the molecule is CC(C)Oc1ccc(NCc2ccc(O)cc2O)cc1Cl. The Morgan fingerprint density at radius 1 is 1.14 bits per heavy atom. The summed E-state index contributed by atoms with van der Waals surface area (Å²) >= 11 is 6.16. The van der Waals surface area contributed by atoms with Gasteiger partial charge >= 0.3 is 0 Å². The average Bonchev–Trinajstić information content (AvgIpc) is 2.40. The fraction of sp³-hybridized carbons (Fsp3) is 0.250. The lowest BCUT2D eigenvalue weighted by Crippen LogP contribution is -2.06. The van der Waals surface area contributed by atoms with Gasteiger partial charge in [0.15, 0.2) is 0 Å². The number of benzene rings is 2. The van der Waals surface area contributed by atoms with Crippen molar-refractivity contribution in [3.63, 3.8) is 0 Å². The number of phenols is 2. The lowest BCUT2D eigenvalue weighted by Gasteiger charge is -2.13. The highest BCUT2D eigenvalue weighted by Crippen LogP contribution is 2.29. The maximum absolute atomic E-state index is 9.72. The van der Waals surface area contributed by atoms with Crippen LogP contribution in [0.1, 0.15) is 19.4 Å². The largest absolute Gasteiger partial charge is 0.508 e.